The van der Waals surface area contributed by atoms with Gasteiger partial charge in [-0.25, -0.2) is 13.8 Å². The Morgan fingerprint density at radius 2 is 1.69 bits per heavy atom. The van der Waals surface area contributed by atoms with Crippen molar-refractivity contribution in [3.8, 4) is 17.2 Å². The van der Waals surface area contributed by atoms with E-state index in [2.05, 4.69) is 15.2 Å². The molecule has 0 heterocycles. The predicted molar refractivity (Wildman–Crippen MR) is 122 cm³/mol. The van der Waals surface area contributed by atoms with Gasteiger partial charge in [0.25, 0.3) is 5.91 Å². The fourth-order valence-corrected chi connectivity index (χ4v) is 4.10. The Hall–Kier alpha value is -3.11. The number of phenolic OH excluding ortho intramolecular Hbond substituents is 1. The lowest BCUT2D eigenvalue weighted by Crippen LogP contribution is -2.46. The van der Waals surface area contributed by atoms with Crippen LogP contribution in [0.2, 0.25) is 0 Å². The van der Waals surface area contributed by atoms with Crippen molar-refractivity contribution in [1.82, 2.24) is 10.1 Å². The van der Waals surface area contributed by atoms with Crippen LogP contribution in [0.3, 0.4) is 0 Å². The third-order valence-electron chi connectivity index (χ3n) is 4.54. The van der Waals surface area contributed by atoms with Gasteiger partial charge in [-0.1, -0.05) is 31.5 Å². The molecule has 0 aromatic heterocycles. The van der Waals surface area contributed by atoms with E-state index >= 15 is 0 Å². The van der Waals surface area contributed by atoms with E-state index in [0.29, 0.717) is 5.56 Å². The first-order valence-electron chi connectivity index (χ1n) is 9.94. The third kappa shape index (κ3) is 6.69. The molecule has 1 atom stereocenters. The van der Waals surface area contributed by atoms with Gasteiger partial charge in [0.2, 0.25) is 15.8 Å². The Bertz CT molecular complexity index is 1040. The second-order valence-electron chi connectivity index (χ2n) is 7.62. The summed E-state index contributed by atoms with van der Waals surface area (Å²) >= 11 is 0. The fraction of sp³-hybridized carbons (Fsp3) is 0.364. The van der Waals surface area contributed by atoms with E-state index in [4.69, 9.17) is 9.47 Å². The lowest BCUT2D eigenvalue weighted by molar-refractivity contribution is -0.123. The number of nitrogens with zero attached hydrogens (tertiary/aromatic N) is 1. The minimum atomic E-state index is -3.89. The SMILES string of the molecule is COc1cc(/C=N\NC(=O)[C@@H](CC(C)C)NS(=O)(=O)c2ccc(C)cc2)cc(OC)c1O. The normalized spacial score (nSPS) is 12.7. The Morgan fingerprint density at radius 1 is 1.12 bits per heavy atom. The maximum Gasteiger partial charge on any atom is 0.258 e. The van der Waals surface area contributed by atoms with Gasteiger partial charge >= 0.3 is 0 Å². The molecule has 1 amide bonds. The van der Waals surface area contributed by atoms with Gasteiger partial charge in [-0.3, -0.25) is 4.79 Å². The number of sulfonamides is 1. The van der Waals surface area contributed by atoms with Crippen molar-refractivity contribution in [2.75, 3.05) is 14.2 Å². The monoisotopic (exact) mass is 463 g/mol. The highest BCUT2D eigenvalue weighted by Gasteiger charge is 2.26. The van der Waals surface area contributed by atoms with Crippen molar-refractivity contribution in [2.45, 2.75) is 38.1 Å². The summed E-state index contributed by atoms with van der Waals surface area (Å²) in [6, 6.07) is 8.38. The summed E-state index contributed by atoms with van der Waals surface area (Å²) in [5, 5.41) is 13.9. The van der Waals surface area contributed by atoms with Gasteiger partial charge in [-0.15, -0.1) is 0 Å². The van der Waals surface area contributed by atoms with Crippen LogP contribution >= 0.6 is 0 Å². The van der Waals surface area contributed by atoms with Gasteiger partial charge in [-0.05, 0) is 43.5 Å². The molecular weight excluding hydrogens is 434 g/mol. The molecule has 2 aromatic rings. The van der Waals surface area contributed by atoms with E-state index < -0.39 is 22.0 Å². The molecule has 10 heteroatoms. The molecule has 0 aliphatic rings. The molecule has 0 radical (unpaired) electrons. The molecule has 0 unspecified atom stereocenters. The number of methoxy groups -OCH3 is 2. The second kappa shape index (κ2) is 11.0. The summed E-state index contributed by atoms with van der Waals surface area (Å²) in [6.07, 6.45) is 1.62. The first-order chi connectivity index (χ1) is 15.1. The molecule has 3 N–H and O–H groups in total. The first kappa shape index (κ1) is 25.2. The molecule has 2 rings (SSSR count). The van der Waals surface area contributed by atoms with Gasteiger partial charge < -0.3 is 14.6 Å². The maximum absolute atomic E-state index is 12.7. The van der Waals surface area contributed by atoms with Crippen LogP contribution in [0.1, 0.15) is 31.4 Å². The molecule has 174 valence electrons. The van der Waals surface area contributed by atoms with Crippen molar-refractivity contribution in [2.24, 2.45) is 11.0 Å². The van der Waals surface area contributed by atoms with Gasteiger partial charge in [0, 0.05) is 5.56 Å². The molecule has 0 saturated heterocycles. The van der Waals surface area contributed by atoms with Crippen LogP contribution in [-0.2, 0) is 14.8 Å². The largest absolute Gasteiger partial charge is 0.502 e. The number of nitrogens with one attached hydrogen (secondary N) is 2. The van der Waals surface area contributed by atoms with E-state index in [0.717, 1.165) is 5.56 Å². The number of carbonyl (C=O) groups excluding carboxylic acids is 1. The summed E-state index contributed by atoms with van der Waals surface area (Å²) in [4.78, 5) is 12.8. The molecule has 0 aliphatic heterocycles. The number of hydrazone groups is 1. The molecule has 0 spiro atoms. The topological polar surface area (TPSA) is 126 Å². The molecule has 0 aliphatic carbocycles. The summed E-state index contributed by atoms with van der Waals surface area (Å²) < 4.78 is 38.1. The zero-order chi connectivity index (χ0) is 23.9. The second-order valence-corrected chi connectivity index (χ2v) is 9.34. The van der Waals surface area contributed by atoms with Crippen LogP contribution in [0.15, 0.2) is 46.4 Å². The van der Waals surface area contributed by atoms with Gasteiger partial charge in [0.05, 0.1) is 25.3 Å². The Morgan fingerprint density at radius 3 is 2.19 bits per heavy atom. The van der Waals surface area contributed by atoms with Crippen LogP contribution in [0.5, 0.6) is 17.2 Å². The van der Waals surface area contributed by atoms with Gasteiger partial charge in [-0.2, -0.15) is 9.82 Å². The van der Waals surface area contributed by atoms with Gasteiger partial charge in [0.15, 0.2) is 11.5 Å². The van der Waals surface area contributed by atoms with E-state index in [9.17, 15) is 18.3 Å². The van der Waals surface area contributed by atoms with Crippen molar-refractivity contribution in [3.63, 3.8) is 0 Å². The highest BCUT2D eigenvalue weighted by molar-refractivity contribution is 7.89. The van der Waals surface area contributed by atoms with Crippen LogP contribution in [-0.4, -0.2) is 45.9 Å². The number of phenols is 1. The first-order valence-corrected chi connectivity index (χ1v) is 11.4. The Kier molecular flexibility index (Phi) is 8.62. The number of rotatable bonds is 10. The van der Waals surface area contributed by atoms with Crippen molar-refractivity contribution < 1.29 is 27.8 Å². The average molecular weight is 464 g/mol. The number of hydrogen-bond donors (Lipinski definition) is 3. The predicted octanol–water partition coefficient (Wildman–Crippen LogP) is 2.56. The summed E-state index contributed by atoms with van der Waals surface area (Å²) in [7, 11) is -1.10. The Balaban J connectivity index is 2.17. The standard InChI is InChI=1S/C22H29N3O6S/c1-14(2)10-18(25-32(28,29)17-8-6-15(3)7-9-17)22(27)24-23-13-16-11-19(30-4)21(26)20(12-16)31-5/h6-9,11-14,18,25-26H,10H2,1-5H3,(H,24,27)/b23-13-/t18-/m1/s1. The molecule has 0 bridgehead atoms. The van der Waals surface area contributed by atoms with E-state index in [1.165, 1.54) is 44.7 Å². The van der Waals surface area contributed by atoms with Crippen molar-refractivity contribution >= 4 is 22.1 Å². The minimum absolute atomic E-state index is 0.0565. The van der Waals surface area contributed by atoms with Crippen LogP contribution in [0, 0.1) is 12.8 Å². The quantitative estimate of drug-likeness (QED) is 0.367. The summed E-state index contributed by atoms with van der Waals surface area (Å²) in [5.74, 6) is -0.329. The zero-order valence-electron chi connectivity index (χ0n) is 18.7. The molecule has 32 heavy (non-hydrogen) atoms. The van der Waals surface area contributed by atoms with Crippen molar-refractivity contribution in [3.05, 3.63) is 47.5 Å². The van der Waals surface area contributed by atoms with E-state index in [1.54, 1.807) is 12.1 Å². The van der Waals surface area contributed by atoms with E-state index in [-0.39, 0.29) is 34.5 Å². The highest BCUT2D eigenvalue weighted by atomic mass is 32.2. The fourth-order valence-electron chi connectivity index (χ4n) is 2.89. The number of aryl methyl sites for hydroxylation is 1. The van der Waals surface area contributed by atoms with Crippen molar-refractivity contribution in [1.29, 1.82) is 0 Å². The van der Waals surface area contributed by atoms with Gasteiger partial charge in [0.1, 0.15) is 6.04 Å². The number of carbonyl (C=O) groups is 1. The summed E-state index contributed by atoms with van der Waals surface area (Å²) in [6.45, 7) is 5.63. The van der Waals surface area contributed by atoms with Crippen LogP contribution < -0.4 is 19.6 Å². The Labute approximate surface area is 188 Å². The molecule has 2 aromatic carbocycles. The zero-order valence-corrected chi connectivity index (χ0v) is 19.6. The molecule has 9 nitrogen and oxygen atoms in total. The molecule has 0 saturated carbocycles. The number of amides is 1. The lowest BCUT2D eigenvalue weighted by atomic mass is 10.0. The average Bonchev–Trinajstić information content (AvgIpc) is 2.73. The maximum atomic E-state index is 12.7. The molecule has 0 fully saturated rings. The molecular formula is C22H29N3O6S. The van der Waals surface area contributed by atoms with Crippen LogP contribution in [0.4, 0.5) is 0 Å². The third-order valence-corrected chi connectivity index (χ3v) is 6.03. The van der Waals surface area contributed by atoms with E-state index in [1.807, 2.05) is 20.8 Å². The number of aromatic hydroxyl groups is 1. The minimum Gasteiger partial charge on any atom is -0.502 e. The lowest BCUT2D eigenvalue weighted by Gasteiger charge is -2.19. The summed E-state index contributed by atoms with van der Waals surface area (Å²) in [5.41, 5.74) is 3.79. The number of ether oxygens (including phenoxy) is 2. The number of benzene rings is 2. The smallest absolute Gasteiger partial charge is 0.258 e. The van der Waals surface area contributed by atoms with Crippen LogP contribution in [0.25, 0.3) is 0 Å². The highest BCUT2D eigenvalue weighted by Crippen LogP contribution is 2.36. The number of hydrogen-bond acceptors (Lipinski definition) is 7.